The van der Waals surface area contributed by atoms with Crippen molar-refractivity contribution < 1.29 is 24.3 Å². The molecule has 0 saturated heterocycles. The first kappa shape index (κ1) is 27.1. The average Bonchev–Trinajstić information content (AvgIpc) is 2.77. The zero-order chi connectivity index (χ0) is 24.3. The van der Waals surface area contributed by atoms with Gasteiger partial charge in [0.2, 0.25) is 17.7 Å². The molecule has 0 heterocycles. The van der Waals surface area contributed by atoms with Crippen LogP contribution < -0.4 is 16.6 Å². The number of hydrazine groups is 1. The number of aliphatic carboxylic acids is 1. The van der Waals surface area contributed by atoms with Crippen LogP contribution in [0.1, 0.15) is 38.2 Å². The molecule has 1 aromatic carbocycles. The summed E-state index contributed by atoms with van der Waals surface area (Å²) < 4.78 is 0. The lowest BCUT2D eigenvalue weighted by atomic mass is 10.0. The molecular weight excluding hydrogens is 414 g/mol. The van der Waals surface area contributed by atoms with Gasteiger partial charge in [-0.1, -0.05) is 50.1 Å². The molecule has 3 amide bonds. The number of unbranched alkanes of at least 4 members (excludes halogenated alkanes) is 1. The Labute approximate surface area is 189 Å². The number of carbonyl (C=O) groups excluding carboxylic acids is 3. The highest BCUT2D eigenvalue weighted by atomic mass is 16.4. The fraction of sp³-hybridized carbons (Fsp3) is 0.545. The van der Waals surface area contributed by atoms with Crippen molar-refractivity contribution >= 4 is 23.7 Å². The summed E-state index contributed by atoms with van der Waals surface area (Å²) in [5.74, 6) is -3.03. The molecule has 1 aromatic rings. The third kappa shape index (κ3) is 7.93. The van der Waals surface area contributed by atoms with Gasteiger partial charge in [-0.3, -0.25) is 24.6 Å². The van der Waals surface area contributed by atoms with Crippen molar-refractivity contribution in [1.82, 2.24) is 20.7 Å². The molecule has 0 saturated carbocycles. The minimum Gasteiger partial charge on any atom is -0.481 e. The second kappa shape index (κ2) is 13.4. The van der Waals surface area contributed by atoms with Crippen LogP contribution in [0.5, 0.6) is 0 Å². The summed E-state index contributed by atoms with van der Waals surface area (Å²) in [7, 11) is 4.42. The number of nitrogens with two attached hydrogens (primary N) is 1. The Balaban J connectivity index is 3.13. The van der Waals surface area contributed by atoms with Gasteiger partial charge in [-0.05, 0) is 19.0 Å². The van der Waals surface area contributed by atoms with Gasteiger partial charge >= 0.3 is 5.97 Å². The van der Waals surface area contributed by atoms with Crippen LogP contribution in [0.2, 0.25) is 0 Å². The number of carboxylic acids is 1. The summed E-state index contributed by atoms with van der Waals surface area (Å²) in [6.45, 7) is 1.99. The van der Waals surface area contributed by atoms with Crippen molar-refractivity contribution in [2.45, 2.75) is 57.2 Å². The van der Waals surface area contributed by atoms with E-state index in [0.717, 1.165) is 28.2 Å². The highest BCUT2D eigenvalue weighted by molar-refractivity contribution is 5.94. The molecule has 10 nitrogen and oxygen atoms in total. The van der Waals surface area contributed by atoms with Crippen LogP contribution in [-0.4, -0.2) is 77.9 Å². The molecule has 0 bridgehead atoms. The molecule has 10 heteroatoms. The van der Waals surface area contributed by atoms with Gasteiger partial charge in [-0.15, -0.1) is 0 Å². The molecule has 0 aliphatic carbocycles. The molecule has 3 atom stereocenters. The number of nitrogens with one attached hydrogen (secondary N) is 2. The Morgan fingerprint density at radius 3 is 2.12 bits per heavy atom. The van der Waals surface area contributed by atoms with Crippen LogP contribution in [0.25, 0.3) is 0 Å². The van der Waals surface area contributed by atoms with Gasteiger partial charge < -0.3 is 20.6 Å². The van der Waals surface area contributed by atoms with Gasteiger partial charge in [0.1, 0.15) is 18.1 Å². The van der Waals surface area contributed by atoms with Crippen LogP contribution in [0, 0.1) is 0 Å². The van der Waals surface area contributed by atoms with E-state index in [1.807, 2.05) is 13.0 Å². The normalized spacial score (nSPS) is 13.6. The molecule has 0 aromatic heterocycles. The fourth-order valence-corrected chi connectivity index (χ4v) is 3.45. The maximum absolute atomic E-state index is 13.3. The van der Waals surface area contributed by atoms with E-state index in [0.29, 0.717) is 6.42 Å². The number of carbonyl (C=O) groups is 4. The number of carboxylic acid groups (broad SMARTS) is 1. The SMILES string of the molecule is CCCC[C@H](NNC)C(=O)N(C)[C@H](CC(=O)O)C(=O)N(C)[C@@H](Cc1ccccc1)C(N)=O. The summed E-state index contributed by atoms with van der Waals surface area (Å²) in [6.07, 6.45) is 1.75. The van der Waals surface area contributed by atoms with Gasteiger partial charge in [0.05, 0.1) is 6.42 Å². The molecule has 1 rings (SSSR count). The maximum Gasteiger partial charge on any atom is 0.305 e. The molecule has 0 fully saturated rings. The molecule has 0 unspecified atom stereocenters. The highest BCUT2D eigenvalue weighted by Crippen LogP contribution is 2.15. The van der Waals surface area contributed by atoms with E-state index >= 15 is 0 Å². The fourth-order valence-electron chi connectivity index (χ4n) is 3.45. The van der Waals surface area contributed by atoms with Crippen molar-refractivity contribution in [2.75, 3.05) is 21.1 Å². The summed E-state index contributed by atoms with van der Waals surface area (Å²) in [5, 5.41) is 9.38. The van der Waals surface area contributed by atoms with Crippen molar-refractivity contribution in [3.05, 3.63) is 35.9 Å². The average molecular weight is 450 g/mol. The van der Waals surface area contributed by atoms with E-state index in [-0.39, 0.29) is 6.42 Å². The van der Waals surface area contributed by atoms with E-state index in [1.54, 1.807) is 31.3 Å². The van der Waals surface area contributed by atoms with E-state index in [9.17, 15) is 24.3 Å². The van der Waals surface area contributed by atoms with E-state index < -0.39 is 48.2 Å². The first-order valence-corrected chi connectivity index (χ1v) is 10.6. The van der Waals surface area contributed by atoms with Gasteiger partial charge in [-0.25, -0.2) is 5.43 Å². The Morgan fingerprint density at radius 2 is 1.62 bits per heavy atom. The first-order chi connectivity index (χ1) is 15.1. The second-order valence-electron chi connectivity index (χ2n) is 7.71. The van der Waals surface area contributed by atoms with E-state index in [1.165, 1.54) is 14.1 Å². The Morgan fingerprint density at radius 1 is 1.03 bits per heavy atom. The molecular formula is C22H35N5O5. The van der Waals surface area contributed by atoms with Crippen LogP contribution in [0.4, 0.5) is 0 Å². The van der Waals surface area contributed by atoms with Gasteiger partial charge in [-0.2, -0.15) is 0 Å². The number of likely N-dealkylation sites (N-methyl/N-ethyl adjacent to an activating group) is 2. The van der Waals surface area contributed by atoms with Crippen LogP contribution >= 0.6 is 0 Å². The Hall–Kier alpha value is -2.98. The topological polar surface area (TPSA) is 145 Å². The lowest BCUT2D eigenvalue weighted by molar-refractivity contribution is -0.152. The van der Waals surface area contributed by atoms with Crippen molar-refractivity contribution in [3.8, 4) is 0 Å². The Kier molecular flexibility index (Phi) is 11.4. The quantitative estimate of drug-likeness (QED) is 0.295. The third-order valence-electron chi connectivity index (χ3n) is 5.35. The van der Waals surface area contributed by atoms with Crippen LogP contribution in [0.15, 0.2) is 30.3 Å². The predicted molar refractivity (Wildman–Crippen MR) is 120 cm³/mol. The largest absolute Gasteiger partial charge is 0.481 e. The van der Waals surface area contributed by atoms with Gasteiger partial charge in [0.25, 0.3) is 0 Å². The number of primary amides is 1. The minimum atomic E-state index is -1.29. The molecule has 0 radical (unpaired) electrons. The third-order valence-corrected chi connectivity index (χ3v) is 5.35. The molecule has 178 valence electrons. The van der Waals surface area contributed by atoms with Crippen molar-refractivity contribution in [2.24, 2.45) is 5.73 Å². The van der Waals surface area contributed by atoms with Gasteiger partial charge in [0.15, 0.2) is 0 Å². The number of hydrogen-bond acceptors (Lipinski definition) is 6. The Bertz CT molecular complexity index is 773. The number of hydrogen-bond donors (Lipinski definition) is 4. The number of nitrogens with zero attached hydrogens (tertiary/aromatic N) is 2. The lowest BCUT2D eigenvalue weighted by Gasteiger charge is -2.34. The standard InChI is InChI=1S/C22H35N5O5/c1-5-6-12-16(25-24-2)21(31)27(4)18(14-19(28)29)22(32)26(3)17(20(23)30)13-15-10-8-7-9-11-15/h7-11,16-18,24-25H,5-6,12-14H2,1-4H3,(H2,23,30)(H,28,29)/t16-,17-,18+/m0/s1. The molecule has 0 aliphatic heterocycles. The van der Waals surface area contributed by atoms with Crippen molar-refractivity contribution in [1.29, 1.82) is 0 Å². The molecule has 0 spiro atoms. The first-order valence-electron chi connectivity index (χ1n) is 10.6. The number of rotatable bonds is 14. The summed E-state index contributed by atoms with van der Waals surface area (Å²) in [4.78, 5) is 52.2. The van der Waals surface area contributed by atoms with E-state index in [2.05, 4.69) is 10.9 Å². The minimum absolute atomic E-state index is 0.177. The van der Waals surface area contributed by atoms with Crippen molar-refractivity contribution in [3.63, 3.8) is 0 Å². The van der Waals surface area contributed by atoms with E-state index in [4.69, 9.17) is 5.73 Å². The zero-order valence-corrected chi connectivity index (χ0v) is 19.2. The lowest BCUT2D eigenvalue weighted by Crippen LogP contribution is -2.58. The zero-order valence-electron chi connectivity index (χ0n) is 19.2. The smallest absolute Gasteiger partial charge is 0.305 e. The number of amides is 3. The molecule has 32 heavy (non-hydrogen) atoms. The molecule has 5 N–H and O–H groups in total. The maximum atomic E-state index is 13.3. The highest BCUT2D eigenvalue weighted by Gasteiger charge is 2.37. The summed E-state index contributed by atoms with van der Waals surface area (Å²) in [5.41, 5.74) is 11.9. The van der Waals surface area contributed by atoms with Crippen LogP contribution in [0.3, 0.4) is 0 Å². The monoisotopic (exact) mass is 449 g/mol. The van der Waals surface area contributed by atoms with Gasteiger partial charge in [0, 0.05) is 20.5 Å². The second-order valence-corrected chi connectivity index (χ2v) is 7.71. The predicted octanol–water partition coefficient (Wildman–Crippen LogP) is 0.126. The molecule has 0 aliphatic rings. The summed E-state index contributed by atoms with van der Waals surface area (Å²) >= 11 is 0. The van der Waals surface area contributed by atoms with Crippen LogP contribution in [-0.2, 0) is 25.6 Å². The number of benzene rings is 1. The summed E-state index contributed by atoms with van der Waals surface area (Å²) in [6, 6.07) is 6.15.